The molecule has 0 saturated carbocycles. The number of epoxide rings is 1. The lowest BCUT2D eigenvalue weighted by Crippen LogP contribution is -2.26. The molecule has 1 aliphatic heterocycles. The second-order valence-electron chi connectivity index (χ2n) is 6.78. The number of carbonyl (C=O) groups excluding carboxylic acids is 1. The first-order valence-corrected chi connectivity index (χ1v) is 9.07. The summed E-state index contributed by atoms with van der Waals surface area (Å²) in [6, 6.07) is 4.49. The van der Waals surface area contributed by atoms with Crippen LogP contribution in [0.25, 0.3) is 6.08 Å². The van der Waals surface area contributed by atoms with Crippen molar-refractivity contribution in [3.63, 3.8) is 0 Å². The van der Waals surface area contributed by atoms with Gasteiger partial charge in [-0.15, -0.1) is 0 Å². The molecule has 6 heteroatoms. The van der Waals surface area contributed by atoms with Gasteiger partial charge >= 0.3 is 5.97 Å². The van der Waals surface area contributed by atoms with E-state index in [4.69, 9.17) is 9.47 Å². The predicted octanol–water partition coefficient (Wildman–Crippen LogP) is 3.61. The Morgan fingerprint density at radius 2 is 1.96 bits per heavy atom. The van der Waals surface area contributed by atoms with E-state index in [1.165, 1.54) is 6.07 Å². The molecule has 0 amide bonds. The Kier molecular flexibility index (Phi) is 7.31. The van der Waals surface area contributed by atoms with Crippen molar-refractivity contribution in [2.45, 2.75) is 39.1 Å². The Balaban J connectivity index is 2.17. The molecule has 1 aliphatic rings. The van der Waals surface area contributed by atoms with Crippen LogP contribution in [0.4, 0.5) is 0 Å². The van der Waals surface area contributed by atoms with Gasteiger partial charge in [-0.1, -0.05) is 36.4 Å². The van der Waals surface area contributed by atoms with Crippen molar-refractivity contribution < 1.29 is 29.3 Å². The number of hydrogen-bond acceptors (Lipinski definition) is 5. The monoisotopic (exact) mass is 386 g/mol. The van der Waals surface area contributed by atoms with Gasteiger partial charge in [0.25, 0.3) is 0 Å². The number of carboxylic acid groups (broad SMARTS) is 1. The van der Waals surface area contributed by atoms with E-state index in [2.05, 4.69) is 0 Å². The van der Waals surface area contributed by atoms with Crippen molar-refractivity contribution in [3.8, 4) is 5.75 Å². The van der Waals surface area contributed by atoms with E-state index in [1.807, 2.05) is 19.9 Å². The summed E-state index contributed by atoms with van der Waals surface area (Å²) in [5.74, 6) is -2.04. The fraction of sp³-hybridized carbons (Fsp3) is 0.364. The number of carboxylic acids is 1. The largest absolute Gasteiger partial charge is 0.507 e. The molecule has 4 atom stereocenters. The van der Waals surface area contributed by atoms with Crippen LogP contribution in [0.15, 0.2) is 48.1 Å². The minimum Gasteiger partial charge on any atom is -0.507 e. The van der Waals surface area contributed by atoms with Crippen molar-refractivity contribution in [2.24, 2.45) is 5.92 Å². The topological polar surface area (TPSA) is 96.4 Å². The number of Topliss-reactive ketones (excluding diaryl/α,β-unsaturated/α-hetero) is 1. The van der Waals surface area contributed by atoms with Crippen LogP contribution < -0.4 is 0 Å². The maximum atomic E-state index is 12.8. The number of rotatable bonds is 9. The summed E-state index contributed by atoms with van der Waals surface area (Å²) < 4.78 is 10.7. The SMILES string of the molecule is CO[C@@H](C)[C@H](/C=C/C=C/c1cccc(O)c1C(=O)O)C(=O)/C(C)=C/[C@H]1O[C@H]1C. The van der Waals surface area contributed by atoms with E-state index < -0.39 is 11.9 Å². The maximum Gasteiger partial charge on any atom is 0.340 e. The Labute approximate surface area is 164 Å². The molecule has 1 aromatic rings. The summed E-state index contributed by atoms with van der Waals surface area (Å²) in [6.07, 6.45) is 8.25. The van der Waals surface area contributed by atoms with Gasteiger partial charge < -0.3 is 19.7 Å². The molecule has 28 heavy (non-hydrogen) atoms. The maximum absolute atomic E-state index is 12.8. The van der Waals surface area contributed by atoms with Crippen molar-refractivity contribution in [1.82, 2.24) is 0 Å². The third-order valence-corrected chi connectivity index (χ3v) is 4.73. The van der Waals surface area contributed by atoms with Crippen LogP contribution in [0.1, 0.15) is 36.7 Å². The van der Waals surface area contributed by atoms with Crippen molar-refractivity contribution >= 4 is 17.8 Å². The summed E-state index contributed by atoms with van der Waals surface area (Å²) in [7, 11) is 1.55. The number of hydrogen-bond donors (Lipinski definition) is 2. The van der Waals surface area contributed by atoms with Gasteiger partial charge in [-0.2, -0.15) is 0 Å². The lowest BCUT2D eigenvalue weighted by atomic mass is 9.92. The van der Waals surface area contributed by atoms with Gasteiger partial charge in [0.1, 0.15) is 17.4 Å². The number of allylic oxidation sites excluding steroid dienone is 3. The Morgan fingerprint density at radius 3 is 2.54 bits per heavy atom. The van der Waals surface area contributed by atoms with E-state index in [-0.39, 0.29) is 35.4 Å². The number of ether oxygens (including phenoxy) is 2. The number of phenols is 1. The molecule has 2 N–H and O–H groups in total. The van der Waals surface area contributed by atoms with Gasteiger partial charge in [-0.3, -0.25) is 4.79 Å². The van der Waals surface area contributed by atoms with Crippen molar-refractivity contribution in [3.05, 3.63) is 59.2 Å². The van der Waals surface area contributed by atoms with Gasteiger partial charge in [0.2, 0.25) is 0 Å². The highest BCUT2D eigenvalue weighted by atomic mass is 16.6. The van der Waals surface area contributed by atoms with Crippen LogP contribution in [0.5, 0.6) is 5.75 Å². The quantitative estimate of drug-likeness (QED) is 0.382. The molecule has 150 valence electrons. The molecular formula is C22H26O6. The van der Waals surface area contributed by atoms with E-state index >= 15 is 0 Å². The summed E-state index contributed by atoms with van der Waals surface area (Å²) in [6.45, 7) is 5.53. The van der Waals surface area contributed by atoms with E-state index in [1.54, 1.807) is 50.5 Å². The first kappa shape index (κ1) is 21.6. The Morgan fingerprint density at radius 1 is 1.29 bits per heavy atom. The highest BCUT2D eigenvalue weighted by Crippen LogP contribution is 2.25. The molecule has 0 radical (unpaired) electrons. The Bertz CT molecular complexity index is 820. The molecule has 0 unspecified atom stereocenters. The molecule has 1 fully saturated rings. The third kappa shape index (κ3) is 5.41. The molecule has 0 aromatic heterocycles. The zero-order chi connectivity index (χ0) is 20.8. The minimum atomic E-state index is -1.21. The predicted molar refractivity (Wildman–Crippen MR) is 106 cm³/mol. The number of benzene rings is 1. The van der Waals surface area contributed by atoms with Crippen LogP contribution in [0.3, 0.4) is 0 Å². The molecule has 1 saturated heterocycles. The lowest BCUT2D eigenvalue weighted by molar-refractivity contribution is -0.121. The number of aromatic carboxylic acids is 1. The number of aromatic hydroxyl groups is 1. The average molecular weight is 386 g/mol. The summed E-state index contributed by atoms with van der Waals surface area (Å²) in [5, 5.41) is 19.0. The van der Waals surface area contributed by atoms with Crippen molar-refractivity contribution in [2.75, 3.05) is 7.11 Å². The van der Waals surface area contributed by atoms with E-state index in [0.29, 0.717) is 11.1 Å². The van der Waals surface area contributed by atoms with Gasteiger partial charge in [0.05, 0.1) is 18.1 Å². The number of methoxy groups -OCH3 is 1. The molecule has 1 heterocycles. The Hall–Kier alpha value is -2.70. The molecule has 6 nitrogen and oxygen atoms in total. The third-order valence-electron chi connectivity index (χ3n) is 4.73. The number of carbonyl (C=O) groups is 2. The molecular weight excluding hydrogens is 360 g/mol. The van der Waals surface area contributed by atoms with E-state index in [9.17, 15) is 19.8 Å². The second kappa shape index (κ2) is 9.48. The summed E-state index contributed by atoms with van der Waals surface area (Å²) >= 11 is 0. The zero-order valence-electron chi connectivity index (χ0n) is 16.5. The van der Waals surface area contributed by atoms with Gasteiger partial charge in [-0.25, -0.2) is 4.79 Å². The molecule has 2 rings (SSSR count). The van der Waals surface area contributed by atoms with Crippen LogP contribution in [0, 0.1) is 5.92 Å². The standard InChI is InChI=1S/C22H26O6/c1-13(12-19-15(3)28-19)21(24)17(14(2)27-4)10-6-5-8-16-9-7-11-18(23)20(16)22(25)26/h5-12,14-15,17,19,23H,1-4H3,(H,25,26)/b8-5+,10-6+,13-12+/t14-,15-,17-,19+/m0/s1. The molecule has 1 aromatic carbocycles. The van der Waals surface area contributed by atoms with Crippen LogP contribution in [-0.2, 0) is 14.3 Å². The van der Waals surface area contributed by atoms with Gasteiger partial charge in [0.15, 0.2) is 5.78 Å². The fourth-order valence-corrected chi connectivity index (χ4v) is 2.84. The molecule has 0 spiro atoms. The van der Waals surface area contributed by atoms with Gasteiger partial charge in [0, 0.05) is 7.11 Å². The zero-order valence-corrected chi connectivity index (χ0v) is 16.5. The first-order valence-electron chi connectivity index (χ1n) is 9.07. The van der Waals surface area contributed by atoms with Crippen LogP contribution >= 0.6 is 0 Å². The minimum absolute atomic E-state index is 0.00785. The summed E-state index contributed by atoms with van der Waals surface area (Å²) in [4.78, 5) is 24.1. The molecule has 0 bridgehead atoms. The number of ketones is 1. The van der Waals surface area contributed by atoms with Crippen LogP contribution in [-0.4, -0.2) is 47.4 Å². The van der Waals surface area contributed by atoms with E-state index in [0.717, 1.165) is 0 Å². The molecule has 0 aliphatic carbocycles. The lowest BCUT2D eigenvalue weighted by Gasteiger charge is -2.18. The first-order chi connectivity index (χ1) is 13.3. The summed E-state index contributed by atoms with van der Waals surface area (Å²) in [5.41, 5.74) is 0.830. The fourth-order valence-electron chi connectivity index (χ4n) is 2.84. The second-order valence-corrected chi connectivity index (χ2v) is 6.78. The highest BCUT2D eigenvalue weighted by molar-refractivity contribution is 5.98. The van der Waals surface area contributed by atoms with Crippen molar-refractivity contribution in [1.29, 1.82) is 0 Å². The average Bonchev–Trinajstić information content (AvgIpc) is 3.34. The normalized spacial score (nSPS) is 21.8. The van der Waals surface area contributed by atoms with Gasteiger partial charge in [-0.05, 0) is 44.1 Å². The highest BCUT2D eigenvalue weighted by Gasteiger charge is 2.33. The van der Waals surface area contributed by atoms with Crippen LogP contribution in [0.2, 0.25) is 0 Å². The smallest absolute Gasteiger partial charge is 0.340 e.